The van der Waals surface area contributed by atoms with Crippen LogP contribution < -0.4 is 11.1 Å². The summed E-state index contributed by atoms with van der Waals surface area (Å²) in [5.74, 6) is -0.125. The fraction of sp³-hybridized carbons (Fsp3) is 0.111. The molecule has 0 unspecified atom stereocenters. The number of carbonyl (C=O) groups is 1. The maximum absolute atomic E-state index is 10.7. The molecule has 4 nitrogen and oxygen atoms in total. The van der Waals surface area contributed by atoms with E-state index in [9.17, 15) is 4.79 Å². The van der Waals surface area contributed by atoms with E-state index < -0.39 is 0 Å². The Labute approximate surface area is 76.5 Å². The molecule has 1 amide bonds. The number of nitrogen functional groups attached to an aromatic ring is 1. The largest absolute Gasteiger partial charge is 0.397 e. The van der Waals surface area contributed by atoms with Gasteiger partial charge in [0.15, 0.2) is 0 Å². The third kappa shape index (κ3) is 2.30. The first-order valence-electron chi connectivity index (χ1n) is 3.77. The molecule has 0 aliphatic heterocycles. The van der Waals surface area contributed by atoms with Crippen LogP contribution in [0.4, 0.5) is 17.1 Å². The molecular formula is C9H11N3O. The fourth-order valence-electron chi connectivity index (χ4n) is 0.962. The van der Waals surface area contributed by atoms with Gasteiger partial charge in [-0.1, -0.05) is 0 Å². The number of nitrogens with zero attached hydrogens (tertiary/aromatic N) is 1. The maximum Gasteiger partial charge on any atom is 0.221 e. The second kappa shape index (κ2) is 3.71. The lowest BCUT2D eigenvalue weighted by Gasteiger charge is -2.04. The lowest BCUT2D eigenvalue weighted by Crippen LogP contribution is -2.05. The van der Waals surface area contributed by atoms with Crippen molar-refractivity contribution in [2.45, 2.75) is 6.92 Å². The van der Waals surface area contributed by atoms with Gasteiger partial charge in [-0.2, -0.15) is 0 Å². The molecule has 1 aromatic rings. The van der Waals surface area contributed by atoms with E-state index in [-0.39, 0.29) is 5.91 Å². The van der Waals surface area contributed by atoms with Crippen LogP contribution in [0.5, 0.6) is 0 Å². The number of anilines is 2. The highest BCUT2D eigenvalue weighted by Gasteiger charge is 1.99. The minimum Gasteiger partial charge on any atom is -0.397 e. The lowest BCUT2D eigenvalue weighted by atomic mass is 10.2. The number of amides is 1. The lowest BCUT2D eigenvalue weighted by molar-refractivity contribution is -0.114. The van der Waals surface area contributed by atoms with Crippen LogP contribution in [0.15, 0.2) is 23.2 Å². The van der Waals surface area contributed by atoms with Crippen LogP contribution >= 0.6 is 0 Å². The van der Waals surface area contributed by atoms with Crippen LogP contribution in [0.2, 0.25) is 0 Å². The number of hydrogen-bond acceptors (Lipinski definition) is 3. The molecule has 0 radical (unpaired) electrons. The highest BCUT2D eigenvalue weighted by Crippen LogP contribution is 2.24. The van der Waals surface area contributed by atoms with E-state index in [1.165, 1.54) is 6.92 Å². The molecule has 0 heterocycles. The van der Waals surface area contributed by atoms with E-state index in [2.05, 4.69) is 17.0 Å². The SMILES string of the molecule is C=Nc1cc(NC(C)=O)ccc1N. The van der Waals surface area contributed by atoms with E-state index in [1.807, 2.05) is 0 Å². The van der Waals surface area contributed by atoms with Crippen molar-refractivity contribution in [3.05, 3.63) is 18.2 Å². The van der Waals surface area contributed by atoms with Crippen LogP contribution in [0.1, 0.15) is 6.92 Å². The second-order valence-electron chi connectivity index (χ2n) is 2.61. The van der Waals surface area contributed by atoms with Crippen LogP contribution in [-0.4, -0.2) is 12.6 Å². The van der Waals surface area contributed by atoms with Crippen molar-refractivity contribution >= 4 is 29.7 Å². The Bertz CT molecular complexity index is 347. The summed E-state index contributed by atoms with van der Waals surface area (Å²) in [5.41, 5.74) is 7.38. The third-order valence-corrected chi connectivity index (χ3v) is 1.52. The predicted molar refractivity (Wildman–Crippen MR) is 54.4 cm³/mol. The minimum absolute atomic E-state index is 0.125. The number of rotatable bonds is 2. The second-order valence-corrected chi connectivity index (χ2v) is 2.61. The highest BCUT2D eigenvalue weighted by atomic mass is 16.1. The van der Waals surface area contributed by atoms with Crippen molar-refractivity contribution in [1.82, 2.24) is 0 Å². The van der Waals surface area contributed by atoms with Gasteiger partial charge in [-0.3, -0.25) is 9.79 Å². The number of aliphatic imine (C=N–C) groups is 1. The van der Waals surface area contributed by atoms with E-state index in [0.717, 1.165) is 0 Å². The fourth-order valence-corrected chi connectivity index (χ4v) is 0.962. The summed E-state index contributed by atoms with van der Waals surface area (Å²) < 4.78 is 0. The molecule has 0 saturated carbocycles. The third-order valence-electron chi connectivity index (χ3n) is 1.52. The monoisotopic (exact) mass is 177 g/mol. The smallest absolute Gasteiger partial charge is 0.221 e. The molecule has 13 heavy (non-hydrogen) atoms. The van der Waals surface area contributed by atoms with Gasteiger partial charge in [-0.25, -0.2) is 0 Å². The van der Waals surface area contributed by atoms with Gasteiger partial charge in [0.05, 0.1) is 11.4 Å². The van der Waals surface area contributed by atoms with Crippen molar-refractivity contribution < 1.29 is 4.79 Å². The summed E-state index contributed by atoms with van der Waals surface area (Å²) in [4.78, 5) is 14.4. The summed E-state index contributed by atoms with van der Waals surface area (Å²) in [6.07, 6.45) is 0. The van der Waals surface area contributed by atoms with Crippen LogP contribution in [0.25, 0.3) is 0 Å². The number of carbonyl (C=O) groups excluding carboxylic acids is 1. The summed E-state index contributed by atoms with van der Waals surface area (Å²) in [5, 5.41) is 2.62. The average molecular weight is 177 g/mol. The van der Waals surface area contributed by atoms with Gasteiger partial charge < -0.3 is 11.1 Å². The van der Waals surface area contributed by atoms with Crippen LogP contribution in [-0.2, 0) is 4.79 Å². The molecule has 0 saturated heterocycles. The maximum atomic E-state index is 10.7. The summed E-state index contributed by atoms with van der Waals surface area (Å²) in [6.45, 7) is 4.81. The summed E-state index contributed by atoms with van der Waals surface area (Å²) in [7, 11) is 0. The first-order valence-corrected chi connectivity index (χ1v) is 3.77. The Morgan fingerprint density at radius 1 is 1.62 bits per heavy atom. The molecule has 0 spiro atoms. The van der Waals surface area contributed by atoms with E-state index >= 15 is 0 Å². The van der Waals surface area contributed by atoms with Gasteiger partial charge in [0, 0.05) is 12.6 Å². The quantitative estimate of drug-likeness (QED) is 0.531. The molecule has 4 heteroatoms. The van der Waals surface area contributed by atoms with Crippen molar-refractivity contribution in [1.29, 1.82) is 0 Å². The Morgan fingerprint density at radius 3 is 2.85 bits per heavy atom. The Hall–Kier alpha value is -1.84. The topological polar surface area (TPSA) is 67.5 Å². The molecule has 0 aliphatic carbocycles. The first-order chi connectivity index (χ1) is 6.13. The standard InChI is InChI=1S/C9H11N3O/c1-6(13)12-7-3-4-8(10)9(5-7)11-2/h3-5H,2,10H2,1H3,(H,12,13). The zero-order valence-corrected chi connectivity index (χ0v) is 7.37. The van der Waals surface area contributed by atoms with Gasteiger partial charge in [0.1, 0.15) is 0 Å². The number of nitrogens with one attached hydrogen (secondary N) is 1. The predicted octanol–water partition coefficient (Wildman–Crippen LogP) is 1.56. The van der Waals surface area contributed by atoms with E-state index in [1.54, 1.807) is 18.2 Å². The van der Waals surface area contributed by atoms with E-state index in [0.29, 0.717) is 17.1 Å². The molecule has 0 fully saturated rings. The van der Waals surface area contributed by atoms with Gasteiger partial charge in [-0.05, 0) is 24.9 Å². The van der Waals surface area contributed by atoms with Crippen molar-refractivity contribution in [3.8, 4) is 0 Å². The van der Waals surface area contributed by atoms with Gasteiger partial charge in [-0.15, -0.1) is 0 Å². The molecule has 0 aromatic heterocycles. The summed E-state index contributed by atoms with van der Waals surface area (Å²) >= 11 is 0. The Balaban J connectivity index is 2.99. The molecule has 68 valence electrons. The Kier molecular flexibility index (Phi) is 2.64. The van der Waals surface area contributed by atoms with Gasteiger partial charge >= 0.3 is 0 Å². The normalized spacial score (nSPS) is 9.31. The van der Waals surface area contributed by atoms with Crippen molar-refractivity contribution in [2.24, 2.45) is 4.99 Å². The zero-order valence-electron chi connectivity index (χ0n) is 7.37. The minimum atomic E-state index is -0.125. The first kappa shape index (κ1) is 9.25. The van der Waals surface area contributed by atoms with Gasteiger partial charge in [0.25, 0.3) is 0 Å². The van der Waals surface area contributed by atoms with Crippen molar-refractivity contribution in [2.75, 3.05) is 11.1 Å². The number of nitrogens with two attached hydrogens (primary N) is 1. The Morgan fingerprint density at radius 2 is 2.31 bits per heavy atom. The summed E-state index contributed by atoms with van der Waals surface area (Å²) in [6, 6.07) is 5.06. The van der Waals surface area contributed by atoms with Gasteiger partial charge in [0.2, 0.25) is 5.91 Å². The highest BCUT2D eigenvalue weighted by molar-refractivity contribution is 5.90. The molecule has 3 N–H and O–H groups in total. The molecule has 1 rings (SSSR count). The molecule has 0 aliphatic rings. The van der Waals surface area contributed by atoms with Crippen LogP contribution in [0.3, 0.4) is 0 Å². The van der Waals surface area contributed by atoms with Crippen molar-refractivity contribution in [3.63, 3.8) is 0 Å². The molecule has 1 aromatic carbocycles. The number of hydrogen-bond donors (Lipinski definition) is 2. The van der Waals surface area contributed by atoms with E-state index in [4.69, 9.17) is 5.73 Å². The van der Waals surface area contributed by atoms with Crippen LogP contribution in [0, 0.1) is 0 Å². The molecule has 0 bridgehead atoms. The molecular weight excluding hydrogens is 166 g/mol. The zero-order chi connectivity index (χ0) is 9.84. The average Bonchev–Trinajstić information content (AvgIpc) is 2.07. The number of benzene rings is 1. The molecule has 0 atom stereocenters.